The van der Waals surface area contributed by atoms with Gasteiger partial charge in [-0.15, -0.1) is 0 Å². The minimum atomic E-state index is 1.15. The molecule has 0 saturated carbocycles. The Labute approximate surface area is 92.1 Å². The molecule has 1 N–H and O–H groups in total. The number of likely N-dealkylation sites (N-methyl/N-ethyl adjacent to an activating group) is 1. The summed E-state index contributed by atoms with van der Waals surface area (Å²) in [6.45, 7) is 8.16. The maximum atomic E-state index is 3.39. The van der Waals surface area contributed by atoms with Crippen molar-refractivity contribution in [2.24, 2.45) is 0 Å². The molecule has 0 atom stereocenters. The molecule has 0 bridgehead atoms. The fraction of sp³-hybridized carbons (Fsp3) is 0.667. The predicted molar refractivity (Wildman–Crippen MR) is 63.2 cm³/mol. The van der Waals surface area contributed by atoms with Crippen LogP contribution in [-0.2, 0) is 6.42 Å². The van der Waals surface area contributed by atoms with Crippen molar-refractivity contribution < 1.29 is 0 Å². The lowest BCUT2D eigenvalue weighted by Gasteiger charge is -2.32. The van der Waals surface area contributed by atoms with E-state index in [1.807, 2.05) is 0 Å². The summed E-state index contributed by atoms with van der Waals surface area (Å²) in [4.78, 5) is 8.34. The zero-order chi connectivity index (χ0) is 10.7. The summed E-state index contributed by atoms with van der Waals surface area (Å²) in [5.41, 5.74) is 2.63. The highest BCUT2D eigenvalue weighted by Gasteiger charge is 2.13. The summed E-state index contributed by atoms with van der Waals surface area (Å²) < 4.78 is 0. The monoisotopic (exact) mass is 207 g/mol. The summed E-state index contributed by atoms with van der Waals surface area (Å²) in [6.07, 6.45) is 1.15. The van der Waals surface area contributed by atoms with Crippen LogP contribution in [0.4, 0.5) is 0 Å². The Morgan fingerprint density at radius 2 is 1.93 bits per heavy atom. The van der Waals surface area contributed by atoms with Crippen LogP contribution in [-0.4, -0.2) is 54.6 Å². The van der Waals surface area contributed by atoms with Crippen molar-refractivity contribution in [3.05, 3.63) is 23.5 Å². The van der Waals surface area contributed by atoms with Crippen LogP contribution in [0.5, 0.6) is 0 Å². The number of nitrogens with one attached hydrogen (secondary N) is 1. The van der Waals surface area contributed by atoms with Crippen LogP contribution in [0.25, 0.3) is 0 Å². The Morgan fingerprint density at radius 1 is 1.20 bits per heavy atom. The normalized spacial score (nSPS) is 19.6. The van der Waals surface area contributed by atoms with E-state index in [0.29, 0.717) is 0 Å². The molecule has 0 unspecified atom stereocenters. The molecule has 1 aliphatic rings. The smallest absolute Gasteiger partial charge is 0.0162 e. The zero-order valence-corrected chi connectivity index (χ0v) is 9.79. The van der Waals surface area contributed by atoms with Crippen LogP contribution in [0.1, 0.15) is 11.4 Å². The van der Waals surface area contributed by atoms with E-state index in [9.17, 15) is 0 Å². The molecule has 1 aromatic heterocycles. The Kier molecular flexibility index (Phi) is 3.44. The number of piperazine rings is 1. The second kappa shape index (κ2) is 4.81. The summed E-state index contributed by atoms with van der Waals surface area (Å²) in [5.74, 6) is 0. The van der Waals surface area contributed by atoms with Gasteiger partial charge < -0.3 is 14.8 Å². The molecule has 0 radical (unpaired) electrons. The van der Waals surface area contributed by atoms with Crippen molar-refractivity contribution in [2.75, 3.05) is 39.8 Å². The maximum absolute atomic E-state index is 3.39. The molecule has 3 nitrogen and oxygen atoms in total. The van der Waals surface area contributed by atoms with E-state index >= 15 is 0 Å². The van der Waals surface area contributed by atoms with Crippen LogP contribution in [0.15, 0.2) is 12.1 Å². The zero-order valence-electron chi connectivity index (χ0n) is 9.79. The van der Waals surface area contributed by atoms with Gasteiger partial charge in [0, 0.05) is 50.5 Å². The summed E-state index contributed by atoms with van der Waals surface area (Å²) in [6, 6.07) is 4.35. The SMILES string of the molecule is Cc1ccc(CCN2CCN(C)CC2)[nH]1. The van der Waals surface area contributed by atoms with E-state index < -0.39 is 0 Å². The van der Waals surface area contributed by atoms with E-state index in [4.69, 9.17) is 0 Å². The number of hydrogen-bond donors (Lipinski definition) is 1. The highest BCUT2D eigenvalue weighted by Crippen LogP contribution is 2.04. The van der Waals surface area contributed by atoms with Crippen LogP contribution >= 0.6 is 0 Å². The fourth-order valence-corrected chi connectivity index (χ4v) is 2.06. The van der Waals surface area contributed by atoms with E-state index in [1.165, 1.54) is 44.1 Å². The lowest BCUT2D eigenvalue weighted by Crippen LogP contribution is -2.45. The second-order valence-corrected chi connectivity index (χ2v) is 4.56. The van der Waals surface area contributed by atoms with Crippen molar-refractivity contribution in [1.82, 2.24) is 14.8 Å². The number of aromatic nitrogens is 1. The summed E-state index contributed by atoms with van der Waals surface area (Å²) in [7, 11) is 2.20. The number of hydrogen-bond acceptors (Lipinski definition) is 2. The number of aryl methyl sites for hydroxylation is 1. The van der Waals surface area contributed by atoms with Crippen molar-refractivity contribution >= 4 is 0 Å². The van der Waals surface area contributed by atoms with Gasteiger partial charge in [-0.1, -0.05) is 0 Å². The molecular weight excluding hydrogens is 186 g/mol. The molecule has 3 heteroatoms. The minimum absolute atomic E-state index is 1.15. The lowest BCUT2D eigenvalue weighted by atomic mass is 10.2. The number of H-pyrrole nitrogens is 1. The number of rotatable bonds is 3. The quantitative estimate of drug-likeness (QED) is 0.802. The first kappa shape index (κ1) is 10.7. The molecule has 84 valence electrons. The highest BCUT2D eigenvalue weighted by atomic mass is 15.2. The van der Waals surface area contributed by atoms with Gasteiger partial charge in [0.15, 0.2) is 0 Å². The standard InChI is InChI=1S/C12H21N3/c1-11-3-4-12(13-11)5-6-15-9-7-14(2)8-10-15/h3-4,13H,5-10H2,1-2H3. The Hall–Kier alpha value is -0.800. The molecule has 1 saturated heterocycles. The van der Waals surface area contributed by atoms with Gasteiger partial charge in [0.1, 0.15) is 0 Å². The first-order valence-corrected chi connectivity index (χ1v) is 5.79. The number of nitrogens with zero attached hydrogens (tertiary/aromatic N) is 2. The second-order valence-electron chi connectivity index (χ2n) is 4.56. The minimum Gasteiger partial charge on any atom is -0.362 e. The van der Waals surface area contributed by atoms with E-state index in [2.05, 4.69) is 40.9 Å². The Bertz CT molecular complexity index is 298. The molecule has 1 aliphatic heterocycles. The van der Waals surface area contributed by atoms with E-state index in [-0.39, 0.29) is 0 Å². The average molecular weight is 207 g/mol. The third-order valence-electron chi connectivity index (χ3n) is 3.19. The van der Waals surface area contributed by atoms with Gasteiger partial charge in [-0.25, -0.2) is 0 Å². The first-order valence-electron chi connectivity index (χ1n) is 5.79. The molecule has 2 heterocycles. The van der Waals surface area contributed by atoms with E-state index in [1.54, 1.807) is 0 Å². The lowest BCUT2D eigenvalue weighted by molar-refractivity contribution is 0.155. The highest BCUT2D eigenvalue weighted by molar-refractivity contribution is 5.11. The number of aromatic amines is 1. The van der Waals surface area contributed by atoms with Gasteiger partial charge in [-0.2, -0.15) is 0 Å². The molecule has 2 rings (SSSR count). The van der Waals surface area contributed by atoms with Crippen LogP contribution < -0.4 is 0 Å². The van der Waals surface area contributed by atoms with Gasteiger partial charge >= 0.3 is 0 Å². The molecule has 0 amide bonds. The topological polar surface area (TPSA) is 22.3 Å². The maximum Gasteiger partial charge on any atom is 0.0162 e. The summed E-state index contributed by atoms with van der Waals surface area (Å²) >= 11 is 0. The third kappa shape index (κ3) is 3.08. The molecule has 1 fully saturated rings. The Morgan fingerprint density at radius 3 is 2.53 bits per heavy atom. The van der Waals surface area contributed by atoms with E-state index in [0.717, 1.165) is 6.42 Å². The Balaban J connectivity index is 1.74. The summed E-state index contributed by atoms with van der Waals surface area (Å²) in [5, 5.41) is 0. The van der Waals surface area contributed by atoms with Crippen molar-refractivity contribution in [3.8, 4) is 0 Å². The van der Waals surface area contributed by atoms with Gasteiger partial charge in [0.2, 0.25) is 0 Å². The molecule has 1 aromatic rings. The third-order valence-corrected chi connectivity index (χ3v) is 3.19. The molecular formula is C12H21N3. The van der Waals surface area contributed by atoms with Crippen LogP contribution in [0.2, 0.25) is 0 Å². The van der Waals surface area contributed by atoms with Gasteiger partial charge in [-0.05, 0) is 26.1 Å². The molecule has 0 aromatic carbocycles. The fourth-order valence-electron chi connectivity index (χ4n) is 2.06. The van der Waals surface area contributed by atoms with Crippen molar-refractivity contribution in [2.45, 2.75) is 13.3 Å². The first-order chi connectivity index (χ1) is 7.24. The van der Waals surface area contributed by atoms with Gasteiger partial charge in [0.25, 0.3) is 0 Å². The van der Waals surface area contributed by atoms with Gasteiger partial charge in [0.05, 0.1) is 0 Å². The average Bonchev–Trinajstić information content (AvgIpc) is 2.64. The van der Waals surface area contributed by atoms with Crippen LogP contribution in [0, 0.1) is 6.92 Å². The van der Waals surface area contributed by atoms with Gasteiger partial charge in [-0.3, -0.25) is 0 Å². The molecule has 15 heavy (non-hydrogen) atoms. The van der Waals surface area contributed by atoms with Crippen LogP contribution in [0.3, 0.4) is 0 Å². The molecule has 0 aliphatic carbocycles. The van der Waals surface area contributed by atoms with Crippen molar-refractivity contribution in [3.63, 3.8) is 0 Å². The predicted octanol–water partition coefficient (Wildman–Crippen LogP) is 1.11. The molecule has 0 spiro atoms. The van der Waals surface area contributed by atoms with Crippen molar-refractivity contribution in [1.29, 1.82) is 0 Å². The largest absolute Gasteiger partial charge is 0.362 e.